The molecule has 10 nitrogen and oxygen atoms in total. The molecule has 224 valence electrons. The number of likely N-dealkylation sites (N-methyl/N-ethyl adjacent to an activating group) is 1. The number of carbonyl (C=O) groups is 1. The van der Waals surface area contributed by atoms with Crippen molar-refractivity contribution in [3.8, 4) is 17.2 Å². The Bertz CT molecular complexity index is 1550. The number of hydrogen-bond acceptors (Lipinski definition) is 8. The monoisotopic (exact) mass is 615 g/mol. The average molecular weight is 616 g/mol. The summed E-state index contributed by atoms with van der Waals surface area (Å²) in [6.45, 7) is 5.33. The Hall–Kier alpha value is -3.51. The summed E-state index contributed by atoms with van der Waals surface area (Å²) >= 11 is 5.91. The SMILES string of the molecule is C[C@H]1CN([C@@H](C)CO)C(=O)c2cc(NS(=O)(=O)c3ccc(Cl)cc3)ccc2O[C@@H]1CN(C)Cc1ccc2c(c1)OCO2. The Morgan fingerprint density at radius 3 is 2.52 bits per heavy atom. The number of fused-ring (bicyclic) bond motifs is 2. The van der Waals surface area contributed by atoms with Crippen molar-refractivity contribution in [2.75, 3.05) is 38.3 Å². The molecule has 2 aliphatic heterocycles. The van der Waals surface area contributed by atoms with Gasteiger partial charge in [-0.15, -0.1) is 0 Å². The number of anilines is 1. The lowest BCUT2D eigenvalue weighted by Crippen LogP contribution is -2.49. The standard InChI is InChI=1S/C30H34ClN3O7S/c1-19-14-34(20(2)17-35)30(36)25-13-23(32-42(37,38)24-8-5-22(31)6-9-24)7-11-26(25)41-29(19)16-33(3)15-21-4-10-27-28(12-21)40-18-39-27/h4-13,19-20,29,32,35H,14-18H2,1-3H3/t19-,20-,29+/m0/s1. The van der Waals surface area contributed by atoms with E-state index in [9.17, 15) is 18.3 Å². The molecule has 3 aromatic rings. The van der Waals surface area contributed by atoms with E-state index in [0.29, 0.717) is 30.4 Å². The van der Waals surface area contributed by atoms with Crippen LogP contribution in [0.15, 0.2) is 65.6 Å². The van der Waals surface area contributed by atoms with Gasteiger partial charge in [-0.3, -0.25) is 14.4 Å². The predicted octanol–water partition coefficient (Wildman–Crippen LogP) is 4.22. The minimum absolute atomic E-state index is 0.0381. The van der Waals surface area contributed by atoms with Crippen LogP contribution in [0, 0.1) is 5.92 Å². The van der Waals surface area contributed by atoms with Crippen LogP contribution in [-0.2, 0) is 16.6 Å². The van der Waals surface area contributed by atoms with E-state index < -0.39 is 16.1 Å². The fraction of sp³-hybridized carbons (Fsp3) is 0.367. The summed E-state index contributed by atoms with van der Waals surface area (Å²) in [7, 11) is -1.94. The molecule has 2 N–H and O–H groups in total. The smallest absolute Gasteiger partial charge is 0.261 e. The van der Waals surface area contributed by atoms with Crippen LogP contribution in [0.1, 0.15) is 29.8 Å². The second kappa shape index (κ2) is 12.4. The van der Waals surface area contributed by atoms with Crippen molar-refractivity contribution in [3.05, 3.63) is 76.8 Å². The van der Waals surface area contributed by atoms with Crippen molar-refractivity contribution in [1.82, 2.24) is 9.80 Å². The lowest BCUT2D eigenvalue weighted by molar-refractivity contribution is 0.0341. The number of aliphatic hydroxyl groups is 1. The number of ether oxygens (including phenoxy) is 3. The van der Waals surface area contributed by atoms with Gasteiger partial charge in [-0.2, -0.15) is 0 Å². The van der Waals surface area contributed by atoms with Gasteiger partial charge in [-0.1, -0.05) is 24.6 Å². The predicted molar refractivity (Wildman–Crippen MR) is 159 cm³/mol. The molecular formula is C30H34ClN3O7S. The van der Waals surface area contributed by atoms with Gasteiger partial charge in [0.1, 0.15) is 11.9 Å². The van der Waals surface area contributed by atoms with Gasteiger partial charge in [0.25, 0.3) is 15.9 Å². The van der Waals surface area contributed by atoms with Crippen LogP contribution < -0.4 is 18.9 Å². The molecule has 0 saturated heterocycles. The first kappa shape index (κ1) is 30.0. The first-order valence-electron chi connectivity index (χ1n) is 13.6. The van der Waals surface area contributed by atoms with E-state index in [1.54, 1.807) is 24.0 Å². The first-order valence-corrected chi connectivity index (χ1v) is 15.5. The van der Waals surface area contributed by atoms with E-state index in [2.05, 4.69) is 9.62 Å². The molecule has 2 heterocycles. The molecule has 0 spiro atoms. The summed E-state index contributed by atoms with van der Waals surface area (Å²) in [5.74, 6) is 1.38. The molecule has 3 atom stereocenters. The number of carbonyl (C=O) groups excluding carboxylic acids is 1. The number of amides is 1. The summed E-state index contributed by atoms with van der Waals surface area (Å²) < 4.78 is 45.9. The van der Waals surface area contributed by atoms with Crippen LogP contribution in [0.5, 0.6) is 17.2 Å². The second-order valence-electron chi connectivity index (χ2n) is 10.8. The fourth-order valence-electron chi connectivity index (χ4n) is 5.05. The van der Waals surface area contributed by atoms with Crippen LogP contribution >= 0.6 is 11.6 Å². The van der Waals surface area contributed by atoms with Crippen LogP contribution in [0.4, 0.5) is 5.69 Å². The number of nitrogens with zero attached hydrogens (tertiary/aromatic N) is 2. The second-order valence-corrected chi connectivity index (χ2v) is 12.9. The lowest BCUT2D eigenvalue weighted by Gasteiger charge is -2.38. The zero-order chi connectivity index (χ0) is 30.0. The highest BCUT2D eigenvalue weighted by atomic mass is 35.5. The number of hydrogen-bond donors (Lipinski definition) is 2. The molecule has 2 aliphatic rings. The van der Waals surface area contributed by atoms with E-state index in [4.69, 9.17) is 25.8 Å². The van der Waals surface area contributed by atoms with Crippen molar-refractivity contribution >= 4 is 33.2 Å². The molecule has 12 heteroatoms. The van der Waals surface area contributed by atoms with Crippen molar-refractivity contribution < 1.29 is 32.5 Å². The summed E-state index contributed by atoms with van der Waals surface area (Å²) in [6, 6.07) is 15.9. The zero-order valence-corrected chi connectivity index (χ0v) is 25.2. The van der Waals surface area contributed by atoms with Crippen molar-refractivity contribution in [2.45, 2.75) is 37.4 Å². The number of rotatable bonds is 9. The molecule has 5 rings (SSSR count). The van der Waals surface area contributed by atoms with Gasteiger partial charge in [0.05, 0.1) is 23.1 Å². The highest BCUT2D eigenvalue weighted by molar-refractivity contribution is 7.92. The average Bonchev–Trinajstić information content (AvgIpc) is 3.43. The van der Waals surface area contributed by atoms with Crippen LogP contribution in [0.2, 0.25) is 5.02 Å². The van der Waals surface area contributed by atoms with E-state index >= 15 is 0 Å². The molecule has 0 unspecified atom stereocenters. The Labute approximate surface area is 250 Å². The number of halogens is 1. The lowest BCUT2D eigenvalue weighted by atomic mass is 9.99. The summed E-state index contributed by atoms with van der Waals surface area (Å²) in [4.78, 5) is 17.5. The van der Waals surface area contributed by atoms with Gasteiger partial charge in [0.15, 0.2) is 11.5 Å². The number of sulfonamides is 1. The molecule has 0 fully saturated rings. The summed E-state index contributed by atoms with van der Waals surface area (Å²) in [5, 5.41) is 10.4. The molecule has 0 bridgehead atoms. The summed E-state index contributed by atoms with van der Waals surface area (Å²) in [5.41, 5.74) is 1.48. The molecule has 42 heavy (non-hydrogen) atoms. The third-order valence-electron chi connectivity index (χ3n) is 7.42. The summed E-state index contributed by atoms with van der Waals surface area (Å²) in [6.07, 6.45) is -0.305. The van der Waals surface area contributed by atoms with Crippen LogP contribution in [0.25, 0.3) is 0 Å². The largest absolute Gasteiger partial charge is 0.488 e. The number of nitrogens with one attached hydrogen (secondary N) is 1. The normalized spacial score (nSPS) is 19.1. The molecular weight excluding hydrogens is 582 g/mol. The van der Waals surface area contributed by atoms with Gasteiger partial charge >= 0.3 is 0 Å². The molecule has 0 aromatic heterocycles. The number of benzene rings is 3. The Morgan fingerprint density at radius 2 is 1.79 bits per heavy atom. The molecule has 0 radical (unpaired) electrons. The Balaban J connectivity index is 1.40. The maximum atomic E-state index is 13.7. The Morgan fingerprint density at radius 1 is 1.07 bits per heavy atom. The van der Waals surface area contributed by atoms with E-state index in [0.717, 1.165) is 17.1 Å². The topological polar surface area (TPSA) is 118 Å². The van der Waals surface area contributed by atoms with Gasteiger partial charge < -0.3 is 24.2 Å². The van der Waals surface area contributed by atoms with Crippen LogP contribution in [0.3, 0.4) is 0 Å². The third-order valence-corrected chi connectivity index (χ3v) is 9.07. The van der Waals surface area contributed by atoms with Crippen molar-refractivity contribution in [1.29, 1.82) is 0 Å². The van der Waals surface area contributed by atoms with E-state index in [1.807, 2.05) is 32.2 Å². The molecule has 0 aliphatic carbocycles. The minimum atomic E-state index is -3.93. The first-order chi connectivity index (χ1) is 20.0. The van der Waals surface area contributed by atoms with Gasteiger partial charge in [-0.25, -0.2) is 8.42 Å². The maximum Gasteiger partial charge on any atom is 0.261 e. The third kappa shape index (κ3) is 6.59. The molecule has 1 amide bonds. The molecule has 0 saturated carbocycles. The number of aliphatic hydroxyl groups excluding tert-OH is 1. The quantitative estimate of drug-likeness (QED) is 0.367. The van der Waals surface area contributed by atoms with Crippen molar-refractivity contribution in [2.24, 2.45) is 5.92 Å². The van der Waals surface area contributed by atoms with E-state index in [1.165, 1.54) is 30.3 Å². The van der Waals surface area contributed by atoms with Gasteiger partial charge in [0.2, 0.25) is 6.79 Å². The Kier molecular flexibility index (Phi) is 8.84. The minimum Gasteiger partial charge on any atom is -0.488 e. The van der Waals surface area contributed by atoms with Crippen LogP contribution in [-0.4, -0.2) is 74.9 Å². The highest BCUT2D eigenvalue weighted by Gasteiger charge is 2.34. The molecule has 3 aromatic carbocycles. The fourth-order valence-corrected chi connectivity index (χ4v) is 6.23. The van der Waals surface area contributed by atoms with E-state index in [-0.39, 0.29) is 47.5 Å². The van der Waals surface area contributed by atoms with Gasteiger partial charge in [-0.05, 0) is 74.1 Å². The maximum absolute atomic E-state index is 13.7. The zero-order valence-electron chi connectivity index (χ0n) is 23.6. The van der Waals surface area contributed by atoms with Gasteiger partial charge in [0, 0.05) is 36.3 Å². The van der Waals surface area contributed by atoms with Crippen molar-refractivity contribution in [3.63, 3.8) is 0 Å². The highest BCUT2D eigenvalue weighted by Crippen LogP contribution is 2.34.